The van der Waals surface area contributed by atoms with Crippen LogP contribution in [0, 0.1) is 0 Å². The second kappa shape index (κ2) is 5.69. The molecule has 0 aliphatic rings. The van der Waals surface area contributed by atoms with Crippen molar-refractivity contribution in [3.63, 3.8) is 0 Å². The van der Waals surface area contributed by atoms with Gasteiger partial charge in [0.05, 0.1) is 0 Å². The van der Waals surface area contributed by atoms with Gasteiger partial charge in [0.2, 0.25) is 0 Å². The summed E-state index contributed by atoms with van der Waals surface area (Å²) in [4.78, 5) is 0. The highest BCUT2D eigenvalue weighted by molar-refractivity contribution is 9.11. The lowest BCUT2D eigenvalue weighted by Crippen LogP contribution is -2.19. The zero-order valence-electron chi connectivity index (χ0n) is 8.06. The molecule has 0 saturated carbocycles. The molecule has 0 saturated heterocycles. The Hall–Kier alpha value is -0.120. The standard InChI is InChI=1S/C11H13Br2N/c1-8(12)7-14-9(2)10-4-3-5-11(13)6-10/h3-6,9,14H,1,7H2,2H3/t9-/m1/s1. The van der Waals surface area contributed by atoms with Gasteiger partial charge in [-0.2, -0.15) is 0 Å². The zero-order chi connectivity index (χ0) is 10.6. The number of benzene rings is 1. The van der Waals surface area contributed by atoms with Gasteiger partial charge in [0, 0.05) is 21.5 Å². The van der Waals surface area contributed by atoms with E-state index in [1.807, 2.05) is 12.1 Å². The van der Waals surface area contributed by atoms with Gasteiger partial charge in [0.15, 0.2) is 0 Å². The van der Waals surface area contributed by atoms with Gasteiger partial charge in [-0.1, -0.05) is 50.6 Å². The first-order chi connectivity index (χ1) is 6.59. The Morgan fingerprint density at radius 1 is 1.57 bits per heavy atom. The van der Waals surface area contributed by atoms with Gasteiger partial charge < -0.3 is 5.32 Å². The monoisotopic (exact) mass is 317 g/mol. The lowest BCUT2D eigenvalue weighted by Gasteiger charge is -2.13. The first-order valence-electron chi connectivity index (χ1n) is 4.41. The molecule has 0 fully saturated rings. The second-order valence-corrected chi connectivity index (χ2v) is 5.21. The zero-order valence-corrected chi connectivity index (χ0v) is 11.2. The summed E-state index contributed by atoms with van der Waals surface area (Å²) in [7, 11) is 0. The van der Waals surface area contributed by atoms with E-state index in [2.05, 4.69) is 62.8 Å². The molecule has 0 aliphatic heterocycles. The van der Waals surface area contributed by atoms with E-state index in [0.29, 0.717) is 6.04 Å². The molecule has 3 heteroatoms. The van der Waals surface area contributed by atoms with E-state index >= 15 is 0 Å². The van der Waals surface area contributed by atoms with Gasteiger partial charge in [-0.3, -0.25) is 0 Å². The van der Waals surface area contributed by atoms with Crippen LogP contribution in [0.15, 0.2) is 39.8 Å². The van der Waals surface area contributed by atoms with Crippen molar-refractivity contribution in [3.05, 3.63) is 45.4 Å². The van der Waals surface area contributed by atoms with Gasteiger partial charge in [-0.05, 0) is 24.6 Å². The summed E-state index contributed by atoms with van der Waals surface area (Å²) in [6.45, 7) is 6.71. The number of halogens is 2. The molecule has 14 heavy (non-hydrogen) atoms. The van der Waals surface area contributed by atoms with Crippen molar-refractivity contribution in [1.82, 2.24) is 5.32 Å². The lowest BCUT2D eigenvalue weighted by atomic mass is 10.1. The predicted octanol–water partition coefficient (Wildman–Crippen LogP) is 4.01. The third-order valence-corrected chi connectivity index (χ3v) is 2.72. The maximum absolute atomic E-state index is 3.78. The number of nitrogens with one attached hydrogen (secondary N) is 1. The summed E-state index contributed by atoms with van der Waals surface area (Å²) < 4.78 is 2.08. The third-order valence-electron chi connectivity index (χ3n) is 1.95. The minimum Gasteiger partial charge on any atom is -0.306 e. The highest BCUT2D eigenvalue weighted by Crippen LogP contribution is 2.18. The highest BCUT2D eigenvalue weighted by atomic mass is 79.9. The Kier molecular flexibility index (Phi) is 4.85. The van der Waals surface area contributed by atoms with Crippen molar-refractivity contribution in [2.24, 2.45) is 0 Å². The van der Waals surface area contributed by atoms with Gasteiger partial charge in [0.25, 0.3) is 0 Å². The van der Waals surface area contributed by atoms with Gasteiger partial charge in [0.1, 0.15) is 0 Å². The summed E-state index contributed by atoms with van der Waals surface area (Å²) in [5.74, 6) is 0. The Labute approximate surface area is 102 Å². The fraction of sp³-hybridized carbons (Fsp3) is 0.273. The lowest BCUT2D eigenvalue weighted by molar-refractivity contribution is 0.615. The van der Waals surface area contributed by atoms with Crippen molar-refractivity contribution < 1.29 is 0 Å². The van der Waals surface area contributed by atoms with E-state index in [4.69, 9.17) is 0 Å². The Balaban J connectivity index is 2.60. The molecule has 1 N–H and O–H groups in total. The van der Waals surface area contributed by atoms with Crippen molar-refractivity contribution in [1.29, 1.82) is 0 Å². The van der Waals surface area contributed by atoms with Crippen LogP contribution in [0.2, 0.25) is 0 Å². The van der Waals surface area contributed by atoms with E-state index < -0.39 is 0 Å². The molecule has 0 amide bonds. The summed E-state index contributed by atoms with van der Waals surface area (Å²) in [6.07, 6.45) is 0. The fourth-order valence-electron chi connectivity index (χ4n) is 1.16. The van der Waals surface area contributed by atoms with Crippen LogP contribution in [-0.4, -0.2) is 6.54 Å². The average Bonchev–Trinajstić information content (AvgIpc) is 2.14. The molecule has 1 aromatic carbocycles. The molecule has 0 aromatic heterocycles. The SMILES string of the molecule is C=C(Br)CN[C@H](C)c1cccc(Br)c1. The molecule has 0 heterocycles. The topological polar surface area (TPSA) is 12.0 Å². The maximum atomic E-state index is 3.78. The molecule has 0 bridgehead atoms. The van der Waals surface area contributed by atoms with Crippen molar-refractivity contribution in [3.8, 4) is 0 Å². The molecule has 0 unspecified atom stereocenters. The Morgan fingerprint density at radius 3 is 2.86 bits per heavy atom. The first kappa shape index (κ1) is 12.0. The molecule has 1 aromatic rings. The molecule has 76 valence electrons. The van der Waals surface area contributed by atoms with Crippen LogP contribution in [0.4, 0.5) is 0 Å². The second-order valence-electron chi connectivity index (χ2n) is 3.17. The van der Waals surface area contributed by atoms with Crippen LogP contribution in [0.5, 0.6) is 0 Å². The summed E-state index contributed by atoms with van der Waals surface area (Å²) in [6, 6.07) is 8.63. The van der Waals surface area contributed by atoms with E-state index in [9.17, 15) is 0 Å². The summed E-state index contributed by atoms with van der Waals surface area (Å²) in [5, 5.41) is 3.36. The molecule has 1 rings (SSSR count). The minimum absolute atomic E-state index is 0.335. The molecular formula is C11H13Br2N. The summed E-state index contributed by atoms with van der Waals surface area (Å²) >= 11 is 6.78. The van der Waals surface area contributed by atoms with Crippen molar-refractivity contribution in [2.75, 3.05) is 6.54 Å². The normalized spacial score (nSPS) is 12.5. The Morgan fingerprint density at radius 2 is 2.29 bits per heavy atom. The molecule has 0 aliphatic carbocycles. The largest absolute Gasteiger partial charge is 0.306 e. The van der Waals surface area contributed by atoms with E-state index in [1.165, 1.54) is 5.56 Å². The van der Waals surface area contributed by atoms with Crippen LogP contribution in [0.3, 0.4) is 0 Å². The van der Waals surface area contributed by atoms with E-state index in [0.717, 1.165) is 15.5 Å². The maximum Gasteiger partial charge on any atom is 0.0295 e. The van der Waals surface area contributed by atoms with Gasteiger partial charge >= 0.3 is 0 Å². The average molecular weight is 319 g/mol. The quantitative estimate of drug-likeness (QED) is 0.884. The van der Waals surface area contributed by atoms with E-state index in [-0.39, 0.29) is 0 Å². The van der Waals surface area contributed by atoms with Crippen LogP contribution >= 0.6 is 31.9 Å². The molecule has 0 spiro atoms. The molecule has 1 nitrogen and oxygen atoms in total. The minimum atomic E-state index is 0.335. The third kappa shape index (κ3) is 3.95. The van der Waals surface area contributed by atoms with Crippen molar-refractivity contribution >= 4 is 31.9 Å². The van der Waals surface area contributed by atoms with Gasteiger partial charge in [-0.25, -0.2) is 0 Å². The summed E-state index contributed by atoms with van der Waals surface area (Å²) in [5.41, 5.74) is 1.27. The van der Waals surface area contributed by atoms with Crippen LogP contribution in [0.25, 0.3) is 0 Å². The van der Waals surface area contributed by atoms with E-state index in [1.54, 1.807) is 0 Å². The number of hydrogen-bond donors (Lipinski definition) is 1. The van der Waals surface area contributed by atoms with Crippen LogP contribution in [-0.2, 0) is 0 Å². The van der Waals surface area contributed by atoms with Crippen LogP contribution < -0.4 is 5.32 Å². The number of hydrogen-bond acceptors (Lipinski definition) is 1. The molecular weight excluding hydrogens is 306 g/mol. The van der Waals surface area contributed by atoms with Crippen molar-refractivity contribution in [2.45, 2.75) is 13.0 Å². The first-order valence-corrected chi connectivity index (χ1v) is 6.00. The molecule has 1 atom stereocenters. The van der Waals surface area contributed by atoms with Gasteiger partial charge in [-0.15, -0.1) is 0 Å². The van der Waals surface area contributed by atoms with Crippen LogP contribution in [0.1, 0.15) is 18.5 Å². The smallest absolute Gasteiger partial charge is 0.0295 e. The highest BCUT2D eigenvalue weighted by Gasteiger charge is 2.04. The predicted molar refractivity (Wildman–Crippen MR) is 68.6 cm³/mol. The number of rotatable bonds is 4. The molecule has 0 radical (unpaired) electrons. The fourth-order valence-corrected chi connectivity index (χ4v) is 1.74. The Bertz CT molecular complexity index is 323.